The predicted molar refractivity (Wildman–Crippen MR) is 75.8 cm³/mol. The lowest BCUT2D eigenvalue weighted by molar-refractivity contribution is -0.100. The van der Waals surface area contributed by atoms with E-state index in [0.29, 0.717) is 25.5 Å². The van der Waals surface area contributed by atoms with E-state index in [4.69, 9.17) is 9.47 Å². The zero-order valence-corrected chi connectivity index (χ0v) is 11.9. The molecular weight excluding hydrogens is 270 g/mol. The van der Waals surface area contributed by atoms with E-state index in [9.17, 15) is 4.79 Å². The van der Waals surface area contributed by atoms with Crippen LogP contribution in [0.3, 0.4) is 0 Å². The minimum Gasteiger partial charge on any atom is -0.372 e. The fourth-order valence-electron chi connectivity index (χ4n) is 3.09. The van der Waals surface area contributed by atoms with Crippen LogP contribution >= 0.6 is 0 Å². The SMILES string of the molecule is C=CCO[C@@H]1CC[C@@H]2[C@@H]1OCCN2C(=O)c1cnccn1. The van der Waals surface area contributed by atoms with Crippen LogP contribution in [0.4, 0.5) is 0 Å². The lowest BCUT2D eigenvalue weighted by atomic mass is 10.1. The third kappa shape index (κ3) is 2.82. The smallest absolute Gasteiger partial charge is 0.274 e. The Morgan fingerprint density at radius 2 is 2.43 bits per heavy atom. The molecule has 3 rings (SSSR count). The molecule has 0 aromatic carbocycles. The van der Waals surface area contributed by atoms with E-state index >= 15 is 0 Å². The van der Waals surface area contributed by atoms with Crippen molar-refractivity contribution in [3.05, 3.63) is 36.9 Å². The summed E-state index contributed by atoms with van der Waals surface area (Å²) in [6, 6.07) is 0.0584. The van der Waals surface area contributed by atoms with Gasteiger partial charge in [0.25, 0.3) is 5.91 Å². The summed E-state index contributed by atoms with van der Waals surface area (Å²) >= 11 is 0. The normalized spacial score (nSPS) is 28.2. The monoisotopic (exact) mass is 289 g/mol. The molecule has 6 nitrogen and oxygen atoms in total. The first-order chi connectivity index (χ1) is 10.3. The summed E-state index contributed by atoms with van der Waals surface area (Å²) in [5, 5.41) is 0. The van der Waals surface area contributed by atoms with Gasteiger partial charge in [-0.3, -0.25) is 9.78 Å². The van der Waals surface area contributed by atoms with Crippen molar-refractivity contribution in [3.8, 4) is 0 Å². The molecule has 2 fully saturated rings. The molecule has 0 unspecified atom stereocenters. The van der Waals surface area contributed by atoms with Gasteiger partial charge < -0.3 is 14.4 Å². The Labute approximate surface area is 123 Å². The van der Waals surface area contributed by atoms with E-state index in [-0.39, 0.29) is 24.2 Å². The third-order valence-corrected chi connectivity index (χ3v) is 4.01. The van der Waals surface area contributed by atoms with Gasteiger partial charge in [0.05, 0.1) is 31.6 Å². The average Bonchev–Trinajstić information content (AvgIpc) is 2.96. The maximum absolute atomic E-state index is 12.6. The molecule has 6 heteroatoms. The number of carbonyl (C=O) groups is 1. The van der Waals surface area contributed by atoms with Gasteiger partial charge in [-0.2, -0.15) is 0 Å². The van der Waals surface area contributed by atoms with Gasteiger partial charge in [0.1, 0.15) is 11.8 Å². The third-order valence-electron chi connectivity index (χ3n) is 4.01. The molecule has 112 valence electrons. The van der Waals surface area contributed by atoms with Gasteiger partial charge >= 0.3 is 0 Å². The van der Waals surface area contributed by atoms with Crippen molar-refractivity contribution in [1.82, 2.24) is 14.9 Å². The van der Waals surface area contributed by atoms with Crippen molar-refractivity contribution >= 4 is 5.91 Å². The van der Waals surface area contributed by atoms with E-state index in [0.717, 1.165) is 12.8 Å². The Balaban J connectivity index is 1.73. The molecule has 1 saturated carbocycles. The highest BCUT2D eigenvalue weighted by molar-refractivity contribution is 5.92. The molecule has 1 aromatic rings. The summed E-state index contributed by atoms with van der Waals surface area (Å²) in [6.07, 6.45) is 8.10. The van der Waals surface area contributed by atoms with Crippen molar-refractivity contribution in [2.24, 2.45) is 0 Å². The maximum atomic E-state index is 12.6. The molecule has 1 aromatic heterocycles. The van der Waals surface area contributed by atoms with Crippen LogP contribution in [-0.2, 0) is 9.47 Å². The molecule has 1 aliphatic heterocycles. The van der Waals surface area contributed by atoms with Gasteiger partial charge in [-0.25, -0.2) is 4.98 Å². The average molecular weight is 289 g/mol. The molecule has 3 atom stereocenters. The van der Waals surface area contributed by atoms with Crippen LogP contribution < -0.4 is 0 Å². The molecule has 1 amide bonds. The summed E-state index contributed by atoms with van der Waals surface area (Å²) in [5.74, 6) is -0.0780. The summed E-state index contributed by atoms with van der Waals surface area (Å²) in [4.78, 5) is 22.5. The maximum Gasteiger partial charge on any atom is 0.274 e. The van der Waals surface area contributed by atoms with E-state index in [1.54, 1.807) is 12.3 Å². The minimum absolute atomic E-state index is 0.0328. The van der Waals surface area contributed by atoms with Crippen molar-refractivity contribution in [1.29, 1.82) is 0 Å². The van der Waals surface area contributed by atoms with E-state index in [1.165, 1.54) is 12.4 Å². The molecule has 1 saturated heterocycles. The lowest BCUT2D eigenvalue weighted by Crippen LogP contribution is -2.54. The highest BCUT2D eigenvalue weighted by Crippen LogP contribution is 2.32. The number of nitrogens with zero attached hydrogens (tertiary/aromatic N) is 3. The van der Waals surface area contributed by atoms with E-state index in [1.807, 2.05) is 4.90 Å². The Morgan fingerprint density at radius 3 is 3.19 bits per heavy atom. The largest absolute Gasteiger partial charge is 0.372 e. The zero-order chi connectivity index (χ0) is 14.7. The summed E-state index contributed by atoms with van der Waals surface area (Å²) in [6.45, 7) is 5.29. The fraction of sp³-hybridized carbons (Fsp3) is 0.533. The molecule has 2 aliphatic rings. The molecule has 0 spiro atoms. The van der Waals surface area contributed by atoms with Crippen LogP contribution in [0.5, 0.6) is 0 Å². The Bertz CT molecular complexity index is 508. The van der Waals surface area contributed by atoms with Gasteiger partial charge in [-0.15, -0.1) is 6.58 Å². The van der Waals surface area contributed by atoms with Gasteiger partial charge in [0.2, 0.25) is 0 Å². The molecule has 2 heterocycles. The predicted octanol–water partition coefficient (Wildman–Crippen LogP) is 1.05. The minimum atomic E-state index is -0.0780. The second-order valence-corrected chi connectivity index (χ2v) is 5.23. The number of ether oxygens (including phenoxy) is 2. The molecule has 0 radical (unpaired) electrons. The number of morpholine rings is 1. The highest BCUT2D eigenvalue weighted by Gasteiger charge is 2.45. The first-order valence-electron chi connectivity index (χ1n) is 7.22. The van der Waals surface area contributed by atoms with Gasteiger partial charge in [0.15, 0.2) is 0 Å². The standard InChI is InChI=1S/C15H19N3O3/c1-2-8-20-13-4-3-12-14(13)21-9-7-18(12)15(19)11-10-16-5-6-17-11/h2,5-6,10,12-14H,1,3-4,7-9H2/t12-,13-,14+/m1/s1. The van der Waals surface area contributed by atoms with Gasteiger partial charge in [-0.1, -0.05) is 6.08 Å². The number of amides is 1. The quantitative estimate of drug-likeness (QED) is 0.775. The highest BCUT2D eigenvalue weighted by atomic mass is 16.5. The topological polar surface area (TPSA) is 64.6 Å². The van der Waals surface area contributed by atoms with Crippen LogP contribution in [0.2, 0.25) is 0 Å². The number of hydrogen-bond donors (Lipinski definition) is 0. The Kier molecular flexibility index (Phi) is 4.26. The summed E-state index contributed by atoms with van der Waals surface area (Å²) < 4.78 is 11.6. The van der Waals surface area contributed by atoms with Crippen LogP contribution in [0.15, 0.2) is 31.2 Å². The van der Waals surface area contributed by atoms with Crippen molar-refractivity contribution in [2.45, 2.75) is 31.1 Å². The van der Waals surface area contributed by atoms with Crippen LogP contribution in [0.25, 0.3) is 0 Å². The molecule has 0 bridgehead atoms. The molecule has 21 heavy (non-hydrogen) atoms. The van der Waals surface area contributed by atoms with Crippen molar-refractivity contribution in [2.75, 3.05) is 19.8 Å². The Hall–Kier alpha value is -1.79. The van der Waals surface area contributed by atoms with E-state index < -0.39 is 0 Å². The lowest BCUT2D eigenvalue weighted by Gasteiger charge is -2.38. The van der Waals surface area contributed by atoms with Crippen molar-refractivity contribution in [3.63, 3.8) is 0 Å². The molecule has 1 aliphatic carbocycles. The number of carbonyl (C=O) groups excluding carboxylic acids is 1. The second kappa shape index (κ2) is 6.32. The van der Waals surface area contributed by atoms with E-state index in [2.05, 4.69) is 16.5 Å². The molecular formula is C15H19N3O3. The number of rotatable bonds is 4. The molecule has 0 N–H and O–H groups in total. The number of fused-ring (bicyclic) bond motifs is 1. The summed E-state index contributed by atoms with van der Waals surface area (Å²) in [7, 11) is 0. The van der Waals surface area contributed by atoms with Gasteiger partial charge in [0, 0.05) is 18.9 Å². The van der Waals surface area contributed by atoms with Crippen LogP contribution in [-0.4, -0.2) is 58.8 Å². The fourth-order valence-corrected chi connectivity index (χ4v) is 3.09. The number of aromatic nitrogens is 2. The van der Waals surface area contributed by atoms with Crippen LogP contribution in [0, 0.1) is 0 Å². The zero-order valence-electron chi connectivity index (χ0n) is 11.9. The van der Waals surface area contributed by atoms with Crippen LogP contribution in [0.1, 0.15) is 23.3 Å². The summed E-state index contributed by atoms with van der Waals surface area (Å²) in [5.41, 5.74) is 0.383. The van der Waals surface area contributed by atoms with Crippen molar-refractivity contribution < 1.29 is 14.3 Å². The Morgan fingerprint density at radius 1 is 1.52 bits per heavy atom. The second-order valence-electron chi connectivity index (χ2n) is 5.23. The first-order valence-corrected chi connectivity index (χ1v) is 7.22. The first kappa shape index (κ1) is 14.2. The van der Waals surface area contributed by atoms with Gasteiger partial charge in [-0.05, 0) is 12.8 Å². The number of hydrogen-bond acceptors (Lipinski definition) is 5.